The summed E-state index contributed by atoms with van der Waals surface area (Å²) in [5.74, 6) is 0. The molecule has 3 aromatic heterocycles. The molecule has 0 radical (unpaired) electrons. The predicted octanol–water partition coefficient (Wildman–Crippen LogP) is 15.0. The van der Waals surface area contributed by atoms with E-state index in [0.29, 0.717) is 39.2 Å². The maximum Gasteiger partial charge on any atom is 0.104 e. The van der Waals surface area contributed by atoms with Gasteiger partial charge in [-0.05, 0) is 141 Å². The molecule has 0 aliphatic carbocycles. The molecule has 9 aromatic carbocycles. The Bertz CT molecular complexity index is 3910. The lowest BCUT2D eigenvalue weighted by molar-refractivity contribution is 1.12. The summed E-state index contributed by atoms with van der Waals surface area (Å²) >= 11 is 0. The van der Waals surface area contributed by atoms with Crippen molar-refractivity contribution in [2.45, 2.75) is 0 Å². The van der Waals surface area contributed by atoms with E-state index in [1.165, 1.54) is 0 Å². The summed E-state index contributed by atoms with van der Waals surface area (Å²) < 4.78 is 4.40. The number of rotatable bonds is 7. The first-order valence-electron chi connectivity index (χ1n) is 23.1. The van der Waals surface area contributed by atoms with Crippen LogP contribution in [0, 0.1) is 56.7 Å². The first-order chi connectivity index (χ1) is 35.4. The highest BCUT2D eigenvalue weighted by Crippen LogP contribution is 2.43. The summed E-state index contributed by atoms with van der Waals surface area (Å²) in [5.41, 5.74) is 16.8. The molecule has 0 aliphatic heterocycles. The number of benzene rings is 9. The fourth-order valence-electron chi connectivity index (χ4n) is 10.0. The van der Waals surface area contributed by atoms with Crippen LogP contribution < -0.4 is 0 Å². The predicted molar refractivity (Wildman–Crippen MR) is 284 cm³/mol. The summed E-state index contributed by atoms with van der Waals surface area (Å²) in [6.45, 7) is 0. The molecular formula is C64H34N8. The fourth-order valence-corrected chi connectivity index (χ4v) is 10.0. The first-order valence-corrected chi connectivity index (χ1v) is 23.1. The van der Waals surface area contributed by atoms with Crippen LogP contribution in [0.5, 0.6) is 0 Å². The third-order valence-corrected chi connectivity index (χ3v) is 13.6. The van der Waals surface area contributed by atoms with E-state index in [1.807, 2.05) is 115 Å². The highest BCUT2D eigenvalue weighted by atomic mass is 15.0. The lowest BCUT2D eigenvalue weighted by Crippen LogP contribution is -2.05. The van der Waals surface area contributed by atoms with Gasteiger partial charge in [0.05, 0.1) is 80.0 Å². The zero-order valence-electron chi connectivity index (χ0n) is 38.2. The molecule has 0 bridgehead atoms. The van der Waals surface area contributed by atoms with Crippen molar-refractivity contribution in [1.29, 1.82) is 26.3 Å². The molecule has 72 heavy (non-hydrogen) atoms. The normalized spacial score (nSPS) is 11.0. The Morgan fingerprint density at radius 3 is 0.861 bits per heavy atom. The number of fused-ring (bicyclic) bond motifs is 6. The van der Waals surface area contributed by atoms with Crippen LogP contribution >= 0.6 is 0 Å². The zero-order chi connectivity index (χ0) is 48.9. The maximum atomic E-state index is 11.9. The number of hydrogen-bond acceptors (Lipinski definition) is 6. The zero-order valence-corrected chi connectivity index (χ0v) is 38.2. The summed E-state index contributed by atoms with van der Waals surface area (Å²) in [6, 6.07) is 75.5. The minimum absolute atomic E-state index is 0.431. The van der Waals surface area contributed by atoms with Crippen molar-refractivity contribution in [3.8, 4) is 97.4 Å². The average Bonchev–Trinajstić information content (AvgIpc) is 3.96. The van der Waals surface area contributed by atoms with Crippen molar-refractivity contribution in [1.82, 2.24) is 14.1 Å². The third-order valence-electron chi connectivity index (χ3n) is 13.6. The van der Waals surface area contributed by atoms with Crippen molar-refractivity contribution >= 4 is 43.6 Å². The van der Waals surface area contributed by atoms with Crippen LogP contribution in [0.3, 0.4) is 0 Å². The van der Waals surface area contributed by atoms with E-state index >= 15 is 0 Å². The van der Waals surface area contributed by atoms with Crippen LogP contribution in [0.1, 0.15) is 27.8 Å². The molecule has 0 aliphatic rings. The molecular weight excluding hydrogens is 881 g/mol. The summed E-state index contributed by atoms with van der Waals surface area (Å²) in [4.78, 5) is 4.56. The Labute approximate surface area is 413 Å². The molecule has 0 amide bonds. The molecule has 0 N–H and O–H groups in total. The van der Waals surface area contributed by atoms with E-state index in [2.05, 4.69) is 129 Å². The molecule has 330 valence electrons. The van der Waals surface area contributed by atoms with Crippen molar-refractivity contribution in [3.05, 3.63) is 234 Å². The van der Waals surface area contributed by atoms with Gasteiger partial charge in [-0.25, -0.2) is 0 Å². The van der Waals surface area contributed by atoms with Crippen LogP contribution in [0.25, 0.3) is 111 Å². The molecule has 0 saturated heterocycles. The van der Waals surface area contributed by atoms with Gasteiger partial charge >= 0.3 is 0 Å². The third kappa shape index (κ3) is 7.17. The number of hydrogen-bond donors (Lipinski definition) is 0. The first kappa shape index (κ1) is 42.5. The van der Waals surface area contributed by atoms with E-state index in [1.54, 1.807) is 6.20 Å². The second kappa shape index (κ2) is 17.4. The van der Waals surface area contributed by atoms with Gasteiger partial charge in [-0.3, -0.25) is 4.98 Å². The van der Waals surface area contributed by atoms with Gasteiger partial charge in [0.2, 0.25) is 0 Å². The Hall–Kier alpha value is -10.8. The lowest BCUT2D eigenvalue weighted by Gasteiger charge is -2.19. The molecule has 8 nitrogen and oxygen atoms in total. The van der Waals surface area contributed by atoms with Gasteiger partial charge in [-0.1, -0.05) is 103 Å². The summed E-state index contributed by atoms with van der Waals surface area (Å²) in [7, 11) is 0. The lowest BCUT2D eigenvalue weighted by atomic mass is 10.00. The van der Waals surface area contributed by atoms with E-state index in [9.17, 15) is 26.3 Å². The van der Waals surface area contributed by atoms with Crippen LogP contribution in [0.2, 0.25) is 0 Å². The van der Waals surface area contributed by atoms with Gasteiger partial charge in [0.15, 0.2) is 0 Å². The number of nitrogens with zero attached hydrogens (tertiary/aromatic N) is 8. The van der Waals surface area contributed by atoms with Gasteiger partial charge in [-0.2, -0.15) is 26.3 Å². The second-order valence-corrected chi connectivity index (χ2v) is 17.6. The Morgan fingerprint density at radius 2 is 0.597 bits per heavy atom. The molecule has 0 saturated carbocycles. The fraction of sp³-hybridized carbons (Fsp3) is 0. The number of aromatic nitrogens is 3. The summed E-state index contributed by atoms with van der Waals surface area (Å²) in [6.07, 6.45) is 3.59. The molecule has 3 heterocycles. The minimum Gasteiger partial charge on any atom is -0.308 e. The van der Waals surface area contributed by atoms with Crippen LogP contribution in [-0.4, -0.2) is 14.1 Å². The van der Waals surface area contributed by atoms with E-state index < -0.39 is 0 Å². The second-order valence-electron chi connectivity index (χ2n) is 17.6. The van der Waals surface area contributed by atoms with Gasteiger partial charge in [-0.15, -0.1) is 0 Å². The van der Waals surface area contributed by atoms with Gasteiger partial charge in [0.25, 0.3) is 0 Å². The maximum absolute atomic E-state index is 11.9. The number of pyridine rings is 1. The topological polar surface area (TPSA) is 142 Å². The molecule has 0 unspecified atom stereocenters. The Morgan fingerprint density at radius 1 is 0.292 bits per heavy atom. The summed E-state index contributed by atoms with van der Waals surface area (Å²) in [5, 5.41) is 54.3. The standard InChI is InChI=1S/C64H34N8/c65-34-40-3-11-44(12-4-40)48-19-23-54-55-24-20-49(45-13-5-41(35-66)6-14-45)29-60(55)71(59(54)28-48)63-32-53(52-2-1-27-70-39-52)33-64(58(63)38-69)72-61-30-50(46-15-7-42(36-67)8-16-46)21-25-56(61)57-26-22-51(31-62(57)72)47-17-9-43(37-68)10-18-47/h1-33,39H. The smallest absolute Gasteiger partial charge is 0.104 e. The molecule has 12 aromatic rings. The number of nitriles is 5. The van der Waals surface area contributed by atoms with Gasteiger partial charge in [0, 0.05) is 39.5 Å². The van der Waals surface area contributed by atoms with Crippen LogP contribution in [-0.2, 0) is 0 Å². The van der Waals surface area contributed by atoms with E-state index in [0.717, 1.165) is 99.2 Å². The van der Waals surface area contributed by atoms with Gasteiger partial charge in [0.1, 0.15) is 11.6 Å². The largest absolute Gasteiger partial charge is 0.308 e. The average molecular weight is 915 g/mol. The van der Waals surface area contributed by atoms with Crippen molar-refractivity contribution in [2.75, 3.05) is 0 Å². The van der Waals surface area contributed by atoms with Gasteiger partial charge < -0.3 is 9.13 Å². The van der Waals surface area contributed by atoms with Crippen LogP contribution in [0.4, 0.5) is 0 Å². The Kier molecular flexibility index (Phi) is 10.3. The molecule has 12 rings (SSSR count). The van der Waals surface area contributed by atoms with Crippen molar-refractivity contribution in [3.63, 3.8) is 0 Å². The molecule has 0 fully saturated rings. The minimum atomic E-state index is 0.431. The van der Waals surface area contributed by atoms with E-state index in [-0.39, 0.29) is 0 Å². The monoisotopic (exact) mass is 914 g/mol. The SMILES string of the molecule is N#Cc1ccc(-c2ccc3c4ccc(-c5ccc(C#N)cc5)cc4n(-c4cc(-c5cccnc5)cc(-n5c6cc(-c7ccc(C#N)cc7)ccc6c6ccc(-c7ccc(C#N)cc7)cc65)c4C#N)c3c2)cc1. The van der Waals surface area contributed by atoms with Crippen molar-refractivity contribution < 1.29 is 0 Å². The molecule has 8 heteroatoms. The quantitative estimate of drug-likeness (QED) is 0.156. The molecule has 0 spiro atoms. The van der Waals surface area contributed by atoms with Crippen LogP contribution in [0.15, 0.2) is 207 Å². The highest BCUT2D eigenvalue weighted by Gasteiger charge is 2.24. The van der Waals surface area contributed by atoms with Crippen molar-refractivity contribution in [2.24, 2.45) is 0 Å². The Balaban J connectivity index is 1.20. The van der Waals surface area contributed by atoms with E-state index in [4.69, 9.17) is 0 Å². The molecule has 0 atom stereocenters. The highest BCUT2D eigenvalue weighted by molar-refractivity contribution is 6.13.